The van der Waals surface area contributed by atoms with Gasteiger partial charge in [0.1, 0.15) is 0 Å². The van der Waals surface area contributed by atoms with Gasteiger partial charge in [-0.2, -0.15) is 0 Å². The SMILES string of the molecule is CCCC(C)N(C)C(=O)N1CCC[C@@H](C(=O)O)C1. The summed E-state index contributed by atoms with van der Waals surface area (Å²) in [5.41, 5.74) is 0. The van der Waals surface area contributed by atoms with Crippen molar-refractivity contribution in [2.75, 3.05) is 20.1 Å². The van der Waals surface area contributed by atoms with Crippen LogP contribution < -0.4 is 0 Å². The average Bonchev–Trinajstić information content (AvgIpc) is 2.37. The molecule has 0 aromatic heterocycles. The molecule has 18 heavy (non-hydrogen) atoms. The van der Waals surface area contributed by atoms with Crippen LogP contribution in [0.25, 0.3) is 0 Å². The second-order valence-electron chi connectivity index (χ2n) is 5.15. The van der Waals surface area contributed by atoms with Crippen LogP contribution in [0.5, 0.6) is 0 Å². The Morgan fingerprint density at radius 1 is 1.50 bits per heavy atom. The molecular formula is C13H24N2O3. The van der Waals surface area contributed by atoms with E-state index < -0.39 is 11.9 Å². The molecule has 5 nitrogen and oxygen atoms in total. The smallest absolute Gasteiger partial charge is 0.320 e. The molecular weight excluding hydrogens is 232 g/mol. The summed E-state index contributed by atoms with van der Waals surface area (Å²) in [6.07, 6.45) is 3.46. The first-order valence-corrected chi connectivity index (χ1v) is 6.71. The van der Waals surface area contributed by atoms with Crippen molar-refractivity contribution in [1.29, 1.82) is 0 Å². The van der Waals surface area contributed by atoms with Gasteiger partial charge in [0, 0.05) is 26.2 Å². The summed E-state index contributed by atoms with van der Waals surface area (Å²) in [7, 11) is 1.80. The Morgan fingerprint density at radius 2 is 2.17 bits per heavy atom. The first-order valence-electron chi connectivity index (χ1n) is 6.71. The highest BCUT2D eigenvalue weighted by molar-refractivity contribution is 5.76. The lowest BCUT2D eigenvalue weighted by molar-refractivity contribution is -0.143. The van der Waals surface area contributed by atoms with Crippen LogP contribution in [0.15, 0.2) is 0 Å². The Hall–Kier alpha value is -1.26. The highest BCUT2D eigenvalue weighted by atomic mass is 16.4. The molecule has 0 bridgehead atoms. The summed E-state index contributed by atoms with van der Waals surface area (Å²) in [5.74, 6) is -1.20. The van der Waals surface area contributed by atoms with Crippen LogP contribution in [0.2, 0.25) is 0 Å². The molecule has 0 radical (unpaired) electrons. The predicted molar refractivity (Wildman–Crippen MR) is 69.5 cm³/mol. The van der Waals surface area contributed by atoms with Gasteiger partial charge in [-0.1, -0.05) is 13.3 Å². The van der Waals surface area contributed by atoms with Gasteiger partial charge >= 0.3 is 12.0 Å². The first kappa shape index (κ1) is 14.8. The Morgan fingerprint density at radius 3 is 2.72 bits per heavy atom. The Bertz CT molecular complexity index is 307. The topological polar surface area (TPSA) is 60.9 Å². The molecule has 1 unspecified atom stereocenters. The molecule has 2 atom stereocenters. The van der Waals surface area contributed by atoms with Gasteiger partial charge in [-0.15, -0.1) is 0 Å². The summed E-state index contributed by atoms with van der Waals surface area (Å²) in [4.78, 5) is 26.6. The Labute approximate surface area is 109 Å². The van der Waals surface area contributed by atoms with Crippen LogP contribution in [0, 0.1) is 5.92 Å². The molecule has 0 aromatic rings. The molecule has 1 saturated heterocycles. The molecule has 104 valence electrons. The summed E-state index contributed by atoms with van der Waals surface area (Å²) >= 11 is 0. The van der Waals surface area contributed by atoms with E-state index in [0.717, 1.165) is 19.3 Å². The van der Waals surface area contributed by atoms with Gasteiger partial charge in [-0.25, -0.2) is 4.79 Å². The first-order chi connectivity index (χ1) is 8.47. The number of amides is 2. The summed E-state index contributed by atoms with van der Waals surface area (Å²) in [6.45, 7) is 5.14. The van der Waals surface area contributed by atoms with Crippen molar-refractivity contribution in [2.45, 2.75) is 45.6 Å². The van der Waals surface area contributed by atoms with Crippen LogP contribution in [0.3, 0.4) is 0 Å². The third-order valence-corrected chi connectivity index (χ3v) is 3.71. The summed E-state index contributed by atoms with van der Waals surface area (Å²) < 4.78 is 0. The van der Waals surface area contributed by atoms with E-state index in [0.29, 0.717) is 19.5 Å². The number of carbonyl (C=O) groups excluding carboxylic acids is 1. The van der Waals surface area contributed by atoms with Gasteiger partial charge in [0.2, 0.25) is 0 Å². The molecule has 1 N–H and O–H groups in total. The minimum absolute atomic E-state index is 0.0399. The maximum atomic E-state index is 12.2. The number of carbonyl (C=O) groups is 2. The normalized spacial score (nSPS) is 21.5. The van der Waals surface area contributed by atoms with E-state index in [4.69, 9.17) is 5.11 Å². The molecule has 1 fully saturated rings. The lowest BCUT2D eigenvalue weighted by Crippen LogP contribution is -2.49. The third kappa shape index (κ3) is 3.62. The van der Waals surface area contributed by atoms with Gasteiger partial charge < -0.3 is 14.9 Å². The zero-order valence-corrected chi connectivity index (χ0v) is 11.6. The van der Waals surface area contributed by atoms with E-state index in [2.05, 4.69) is 6.92 Å². The highest BCUT2D eigenvalue weighted by Crippen LogP contribution is 2.18. The second kappa shape index (κ2) is 6.61. The number of rotatable bonds is 4. The van der Waals surface area contributed by atoms with Crippen LogP contribution in [0.1, 0.15) is 39.5 Å². The minimum atomic E-state index is -0.795. The third-order valence-electron chi connectivity index (χ3n) is 3.71. The van der Waals surface area contributed by atoms with Gasteiger partial charge in [0.15, 0.2) is 0 Å². The predicted octanol–water partition coefficient (Wildman–Crippen LogP) is 2.02. The van der Waals surface area contributed by atoms with E-state index >= 15 is 0 Å². The van der Waals surface area contributed by atoms with Gasteiger partial charge in [-0.05, 0) is 26.2 Å². The maximum absolute atomic E-state index is 12.2. The molecule has 0 aromatic carbocycles. The number of nitrogens with zero attached hydrogens (tertiary/aromatic N) is 2. The number of carboxylic acids is 1. The quantitative estimate of drug-likeness (QED) is 0.837. The van der Waals surface area contributed by atoms with Gasteiger partial charge in [0.25, 0.3) is 0 Å². The number of likely N-dealkylation sites (tertiary alicyclic amines) is 1. The molecule has 1 aliphatic heterocycles. The standard InChI is InChI=1S/C13H24N2O3/c1-4-6-10(2)14(3)13(18)15-8-5-7-11(9-15)12(16)17/h10-11H,4-9H2,1-3H3,(H,16,17)/t10?,11-/m1/s1. The molecule has 5 heteroatoms. The van der Waals surface area contributed by atoms with Crippen molar-refractivity contribution in [1.82, 2.24) is 9.80 Å². The second-order valence-corrected chi connectivity index (χ2v) is 5.15. The lowest BCUT2D eigenvalue weighted by Gasteiger charge is -2.36. The van der Waals surface area contributed by atoms with Crippen molar-refractivity contribution in [3.05, 3.63) is 0 Å². The fourth-order valence-corrected chi connectivity index (χ4v) is 2.38. The molecule has 1 rings (SSSR count). The average molecular weight is 256 g/mol. The summed E-state index contributed by atoms with van der Waals surface area (Å²) in [6, 6.07) is 0.162. The number of hydrogen-bond donors (Lipinski definition) is 1. The molecule has 0 aliphatic carbocycles. The Kier molecular flexibility index (Phi) is 5.44. The van der Waals surface area contributed by atoms with Crippen molar-refractivity contribution in [2.24, 2.45) is 5.92 Å². The number of urea groups is 1. The maximum Gasteiger partial charge on any atom is 0.320 e. The Balaban J connectivity index is 2.57. The molecule has 2 amide bonds. The van der Waals surface area contributed by atoms with Crippen molar-refractivity contribution in [3.8, 4) is 0 Å². The van der Waals surface area contributed by atoms with E-state index in [1.807, 2.05) is 6.92 Å². The number of hydrogen-bond acceptors (Lipinski definition) is 2. The van der Waals surface area contributed by atoms with Crippen LogP contribution >= 0.6 is 0 Å². The molecule has 1 heterocycles. The van der Waals surface area contributed by atoms with E-state index in [1.54, 1.807) is 16.8 Å². The molecule has 0 saturated carbocycles. The molecule has 0 spiro atoms. The van der Waals surface area contributed by atoms with Crippen LogP contribution in [0.4, 0.5) is 4.79 Å². The zero-order valence-electron chi connectivity index (χ0n) is 11.6. The summed E-state index contributed by atoms with van der Waals surface area (Å²) in [5, 5.41) is 9.02. The minimum Gasteiger partial charge on any atom is -0.481 e. The fourth-order valence-electron chi connectivity index (χ4n) is 2.38. The largest absolute Gasteiger partial charge is 0.481 e. The van der Waals surface area contributed by atoms with Gasteiger partial charge in [0.05, 0.1) is 5.92 Å². The van der Waals surface area contributed by atoms with Crippen molar-refractivity contribution in [3.63, 3.8) is 0 Å². The van der Waals surface area contributed by atoms with E-state index in [-0.39, 0.29) is 12.1 Å². The van der Waals surface area contributed by atoms with Crippen LogP contribution in [-0.2, 0) is 4.79 Å². The van der Waals surface area contributed by atoms with Crippen LogP contribution in [-0.4, -0.2) is 53.1 Å². The zero-order chi connectivity index (χ0) is 13.7. The van der Waals surface area contributed by atoms with Crippen molar-refractivity contribution < 1.29 is 14.7 Å². The van der Waals surface area contributed by atoms with Crippen molar-refractivity contribution >= 4 is 12.0 Å². The van der Waals surface area contributed by atoms with E-state index in [9.17, 15) is 9.59 Å². The lowest BCUT2D eigenvalue weighted by atomic mass is 9.98. The number of carboxylic acid groups (broad SMARTS) is 1. The van der Waals surface area contributed by atoms with E-state index in [1.165, 1.54) is 0 Å². The fraction of sp³-hybridized carbons (Fsp3) is 0.846. The highest BCUT2D eigenvalue weighted by Gasteiger charge is 2.30. The van der Waals surface area contributed by atoms with Gasteiger partial charge in [-0.3, -0.25) is 4.79 Å². The molecule has 1 aliphatic rings. The monoisotopic (exact) mass is 256 g/mol. The number of piperidine rings is 1. The number of aliphatic carboxylic acids is 1.